The maximum atomic E-state index is 5.50. The fraction of sp³-hybridized carbons (Fsp3) is 0. The minimum Gasteiger partial charge on any atom is -0.274 e. The lowest BCUT2D eigenvalue weighted by molar-refractivity contribution is 1.32. The van der Waals surface area contributed by atoms with E-state index in [1.165, 1.54) is 11.9 Å². The van der Waals surface area contributed by atoms with Crippen molar-refractivity contribution in [3.63, 3.8) is 0 Å². The van der Waals surface area contributed by atoms with Crippen LogP contribution in [-0.4, -0.2) is 4.98 Å². The molecule has 0 unspecified atom stereocenters. The molecule has 0 aliphatic heterocycles. The van der Waals surface area contributed by atoms with Gasteiger partial charge >= 0.3 is 0 Å². The molecule has 0 radical (unpaired) electrons. The van der Waals surface area contributed by atoms with Crippen LogP contribution in [0.5, 0.6) is 0 Å². The maximum absolute atomic E-state index is 5.50. The van der Waals surface area contributed by atoms with Crippen molar-refractivity contribution in [2.24, 2.45) is 5.14 Å². The number of nitrogens with two attached hydrogens (primary N) is 1. The third kappa shape index (κ3) is 1.95. The van der Waals surface area contributed by atoms with Crippen LogP contribution < -0.4 is 5.14 Å². The molecular weight excluding hydrogens is 192 g/mol. The van der Waals surface area contributed by atoms with Gasteiger partial charge in [0.25, 0.3) is 0 Å². The molecule has 0 aliphatic carbocycles. The first-order chi connectivity index (χ1) is 6.90. The smallest absolute Gasteiger partial charge is 0.0346 e. The van der Waals surface area contributed by atoms with E-state index in [2.05, 4.69) is 17.1 Å². The molecule has 2 N–H and O–H groups in total. The molecule has 0 aliphatic rings. The van der Waals surface area contributed by atoms with Gasteiger partial charge in [0.2, 0.25) is 0 Å². The Labute approximate surface area is 87.3 Å². The number of hydrogen-bond donors (Lipinski definition) is 1. The van der Waals surface area contributed by atoms with Crippen molar-refractivity contribution < 1.29 is 0 Å². The largest absolute Gasteiger partial charge is 0.274 e. The van der Waals surface area contributed by atoms with Crippen LogP contribution in [0.2, 0.25) is 0 Å². The second kappa shape index (κ2) is 4.26. The van der Waals surface area contributed by atoms with E-state index in [-0.39, 0.29) is 0 Å². The SMILES string of the molecule is NSc1cccc(-c2cccnc2)c1. The van der Waals surface area contributed by atoms with E-state index in [1.807, 2.05) is 30.5 Å². The molecule has 3 heteroatoms. The molecule has 1 aromatic heterocycles. The van der Waals surface area contributed by atoms with E-state index in [0.29, 0.717) is 0 Å². The van der Waals surface area contributed by atoms with Gasteiger partial charge in [0.05, 0.1) is 0 Å². The Bertz CT molecular complexity index is 415. The van der Waals surface area contributed by atoms with Gasteiger partial charge in [-0.05, 0) is 35.7 Å². The summed E-state index contributed by atoms with van der Waals surface area (Å²) in [6.07, 6.45) is 3.62. The lowest BCUT2D eigenvalue weighted by Crippen LogP contribution is -1.82. The first kappa shape index (κ1) is 9.24. The Hall–Kier alpha value is -1.32. The molecule has 2 rings (SSSR count). The fourth-order valence-corrected chi connectivity index (χ4v) is 1.63. The Balaban J connectivity index is 2.42. The molecule has 0 bridgehead atoms. The summed E-state index contributed by atoms with van der Waals surface area (Å²) in [7, 11) is 0. The van der Waals surface area contributed by atoms with E-state index in [1.54, 1.807) is 6.20 Å². The number of nitrogens with zero attached hydrogens (tertiary/aromatic N) is 1. The van der Waals surface area contributed by atoms with Gasteiger partial charge in [-0.3, -0.25) is 10.1 Å². The van der Waals surface area contributed by atoms with Gasteiger partial charge < -0.3 is 0 Å². The molecule has 14 heavy (non-hydrogen) atoms. The van der Waals surface area contributed by atoms with Crippen LogP contribution in [0.1, 0.15) is 0 Å². The summed E-state index contributed by atoms with van der Waals surface area (Å²) in [4.78, 5) is 5.14. The standard InChI is InChI=1S/C11H10N2S/c12-14-11-5-1-3-9(7-11)10-4-2-6-13-8-10/h1-8H,12H2. The summed E-state index contributed by atoms with van der Waals surface area (Å²) in [6.45, 7) is 0. The van der Waals surface area contributed by atoms with Gasteiger partial charge in [-0.15, -0.1) is 0 Å². The first-order valence-electron chi connectivity index (χ1n) is 4.27. The highest BCUT2D eigenvalue weighted by Crippen LogP contribution is 2.22. The van der Waals surface area contributed by atoms with Crippen LogP contribution in [-0.2, 0) is 0 Å². The summed E-state index contributed by atoms with van der Waals surface area (Å²) >= 11 is 1.26. The van der Waals surface area contributed by atoms with Crippen molar-refractivity contribution in [3.05, 3.63) is 48.8 Å². The molecule has 0 fully saturated rings. The summed E-state index contributed by atoms with van der Waals surface area (Å²) in [5.41, 5.74) is 2.26. The second-order valence-electron chi connectivity index (χ2n) is 2.89. The highest BCUT2D eigenvalue weighted by atomic mass is 32.2. The number of aromatic nitrogens is 1. The van der Waals surface area contributed by atoms with E-state index in [9.17, 15) is 0 Å². The quantitative estimate of drug-likeness (QED) is 0.761. The highest BCUT2D eigenvalue weighted by molar-refractivity contribution is 7.97. The zero-order chi connectivity index (χ0) is 9.80. The topological polar surface area (TPSA) is 38.9 Å². The van der Waals surface area contributed by atoms with Gasteiger partial charge in [-0.25, -0.2) is 0 Å². The van der Waals surface area contributed by atoms with Gasteiger partial charge in [-0.1, -0.05) is 18.2 Å². The summed E-state index contributed by atoms with van der Waals surface area (Å²) in [5, 5.41) is 5.50. The normalized spacial score (nSPS) is 10.1. The minimum atomic E-state index is 1.06. The third-order valence-electron chi connectivity index (χ3n) is 1.96. The summed E-state index contributed by atoms with van der Waals surface area (Å²) < 4.78 is 0. The predicted octanol–water partition coefficient (Wildman–Crippen LogP) is 2.71. The Morgan fingerprint density at radius 2 is 1.93 bits per heavy atom. The van der Waals surface area contributed by atoms with Crippen LogP contribution >= 0.6 is 11.9 Å². The van der Waals surface area contributed by atoms with Crippen molar-refractivity contribution in [1.29, 1.82) is 0 Å². The van der Waals surface area contributed by atoms with Crippen LogP contribution in [0.15, 0.2) is 53.7 Å². The number of hydrogen-bond acceptors (Lipinski definition) is 3. The van der Waals surface area contributed by atoms with Crippen LogP contribution in [0.25, 0.3) is 11.1 Å². The number of rotatable bonds is 2. The minimum absolute atomic E-state index is 1.06. The third-order valence-corrected chi connectivity index (χ3v) is 2.49. The number of benzene rings is 1. The van der Waals surface area contributed by atoms with Crippen molar-refractivity contribution >= 4 is 11.9 Å². The molecule has 2 aromatic rings. The lowest BCUT2D eigenvalue weighted by Gasteiger charge is -2.02. The highest BCUT2D eigenvalue weighted by Gasteiger charge is 1.97. The first-order valence-corrected chi connectivity index (χ1v) is 5.15. The maximum Gasteiger partial charge on any atom is 0.0346 e. The second-order valence-corrected chi connectivity index (χ2v) is 3.59. The molecule has 0 saturated heterocycles. The monoisotopic (exact) mass is 202 g/mol. The van der Waals surface area contributed by atoms with E-state index >= 15 is 0 Å². The zero-order valence-electron chi connectivity index (χ0n) is 7.55. The van der Waals surface area contributed by atoms with Crippen molar-refractivity contribution in [1.82, 2.24) is 4.98 Å². The van der Waals surface area contributed by atoms with Crippen LogP contribution in [0.4, 0.5) is 0 Å². The Kier molecular flexibility index (Phi) is 2.81. The Morgan fingerprint density at radius 1 is 1.07 bits per heavy atom. The molecule has 1 aromatic carbocycles. The average molecular weight is 202 g/mol. The molecule has 2 nitrogen and oxygen atoms in total. The number of pyridine rings is 1. The van der Waals surface area contributed by atoms with Crippen molar-refractivity contribution in [3.8, 4) is 11.1 Å². The summed E-state index contributed by atoms with van der Waals surface area (Å²) in [5.74, 6) is 0. The van der Waals surface area contributed by atoms with Crippen molar-refractivity contribution in [2.45, 2.75) is 4.90 Å². The molecule has 0 amide bonds. The molecule has 1 heterocycles. The lowest BCUT2D eigenvalue weighted by atomic mass is 10.1. The van der Waals surface area contributed by atoms with E-state index in [4.69, 9.17) is 5.14 Å². The molecule has 0 spiro atoms. The average Bonchev–Trinajstić information content (AvgIpc) is 2.30. The molecule has 0 saturated carbocycles. The van der Waals surface area contributed by atoms with E-state index < -0.39 is 0 Å². The fourth-order valence-electron chi connectivity index (χ4n) is 1.28. The molecular formula is C11H10N2S. The van der Waals surface area contributed by atoms with Crippen LogP contribution in [0, 0.1) is 0 Å². The van der Waals surface area contributed by atoms with E-state index in [0.717, 1.165) is 16.0 Å². The van der Waals surface area contributed by atoms with Gasteiger partial charge in [-0.2, -0.15) is 0 Å². The Morgan fingerprint density at radius 3 is 2.64 bits per heavy atom. The molecule has 0 atom stereocenters. The predicted molar refractivity (Wildman–Crippen MR) is 59.7 cm³/mol. The van der Waals surface area contributed by atoms with Gasteiger partial charge in [0.15, 0.2) is 0 Å². The van der Waals surface area contributed by atoms with Gasteiger partial charge in [0, 0.05) is 22.9 Å². The summed E-state index contributed by atoms with van der Waals surface area (Å²) in [6, 6.07) is 12.1. The van der Waals surface area contributed by atoms with Gasteiger partial charge in [0.1, 0.15) is 0 Å². The molecule has 70 valence electrons. The zero-order valence-corrected chi connectivity index (χ0v) is 8.37. The van der Waals surface area contributed by atoms with Crippen LogP contribution in [0.3, 0.4) is 0 Å². The van der Waals surface area contributed by atoms with Crippen molar-refractivity contribution in [2.75, 3.05) is 0 Å².